The van der Waals surface area contributed by atoms with Gasteiger partial charge in [0.2, 0.25) is 5.91 Å². The first kappa shape index (κ1) is 14.4. The number of nitrogens with one attached hydrogen (secondary N) is 1. The predicted octanol–water partition coefficient (Wildman–Crippen LogP) is 4.06. The van der Waals surface area contributed by atoms with Crippen molar-refractivity contribution in [2.24, 2.45) is 0 Å². The summed E-state index contributed by atoms with van der Waals surface area (Å²) in [4.78, 5) is 11.8. The van der Waals surface area contributed by atoms with Crippen LogP contribution in [0.25, 0.3) is 0 Å². The van der Waals surface area contributed by atoms with Crippen molar-refractivity contribution in [1.82, 2.24) is 0 Å². The predicted molar refractivity (Wildman–Crippen MR) is 81.4 cm³/mol. The van der Waals surface area contributed by atoms with Crippen LogP contribution < -0.4 is 10.1 Å². The van der Waals surface area contributed by atoms with Crippen molar-refractivity contribution in [1.29, 1.82) is 0 Å². The molecule has 2 rings (SSSR count). The lowest BCUT2D eigenvalue weighted by Gasteiger charge is -2.09. The van der Waals surface area contributed by atoms with Gasteiger partial charge in [0.05, 0.1) is 23.7 Å². The largest absolute Gasteiger partial charge is 0.493 e. The highest BCUT2D eigenvalue weighted by atomic mass is 35.5. The number of hydrogen-bond donors (Lipinski definition) is 1. The first-order valence-electron chi connectivity index (χ1n) is 6.39. The molecule has 104 valence electrons. The normalized spacial score (nSPS) is 10.1. The molecule has 0 saturated heterocycles. The molecule has 2 aromatic carbocycles. The lowest BCUT2D eigenvalue weighted by Crippen LogP contribution is -2.15. The van der Waals surface area contributed by atoms with Crippen LogP contribution in [0.2, 0.25) is 5.02 Å². The highest BCUT2D eigenvalue weighted by Gasteiger charge is 2.06. The van der Waals surface area contributed by atoms with E-state index in [0.717, 1.165) is 11.3 Å². The smallest absolute Gasteiger partial charge is 0.227 e. The quantitative estimate of drug-likeness (QED) is 0.901. The minimum absolute atomic E-state index is 0.119. The zero-order chi connectivity index (χ0) is 14.4. The van der Waals surface area contributed by atoms with Gasteiger partial charge < -0.3 is 10.1 Å². The van der Waals surface area contributed by atoms with Crippen molar-refractivity contribution in [2.75, 3.05) is 11.9 Å². The van der Waals surface area contributed by atoms with E-state index < -0.39 is 0 Å². The van der Waals surface area contributed by atoms with Gasteiger partial charge in [-0.15, -0.1) is 0 Å². The Kier molecular flexibility index (Phi) is 5.02. The molecule has 1 amide bonds. The number of benzene rings is 2. The molecule has 4 heteroatoms. The minimum Gasteiger partial charge on any atom is -0.493 e. The summed E-state index contributed by atoms with van der Waals surface area (Å²) < 4.78 is 5.58. The van der Waals surface area contributed by atoms with Crippen LogP contribution in [-0.2, 0) is 4.79 Å². The summed E-state index contributed by atoms with van der Waals surface area (Å²) in [6, 6.07) is 14.9. The van der Waals surface area contributed by atoms with E-state index in [9.17, 15) is 4.79 Å². The number of hydrogen-bond acceptors (Lipinski definition) is 2. The molecule has 0 fully saturated rings. The van der Waals surface area contributed by atoms with E-state index in [2.05, 4.69) is 5.32 Å². The summed E-state index contributed by atoms with van der Waals surface area (Å²) in [5, 5.41) is 3.29. The topological polar surface area (TPSA) is 38.3 Å². The standard InChI is InChI=1S/C16H16ClNO2/c1-12-6-2-5-9-15(12)20-11-10-16(19)18-14-8-4-3-7-13(14)17/h2-9H,10-11H2,1H3,(H,18,19). The third kappa shape index (κ3) is 4.00. The fourth-order valence-corrected chi connectivity index (χ4v) is 1.93. The maximum absolute atomic E-state index is 11.8. The second-order valence-corrected chi connectivity index (χ2v) is 4.80. The molecule has 0 aliphatic carbocycles. The van der Waals surface area contributed by atoms with Crippen LogP contribution in [0.4, 0.5) is 5.69 Å². The molecule has 0 heterocycles. The molecule has 3 nitrogen and oxygen atoms in total. The van der Waals surface area contributed by atoms with E-state index >= 15 is 0 Å². The second-order valence-electron chi connectivity index (χ2n) is 4.39. The summed E-state index contributed by atoms with van der Waals surface area (Å²) in [5.74, 6) is 0.685. The Morgan fingerprint density at radius 1 is 1.15 bits per heavy atom. The highest BCUT2D eigenvalue weighted by molar-refractivity contribution is 6.33. The van der Waals surface area contributed by atoms with Crippen LogP contribution >= 0.6 is 11.6 Å². The van der Waals surface area contributed by atoms with Gasteiger partial charge in [-0.1, -0.05) is 41.9 Å². The first-order valence-corrected chi connectivity index (χ1v) is 6.77. The number of ether oxygens (including phenoxy) is 1. The van der Waals surface area contributed by atoms with Gasteiger partial charge in [0.1, 0.15) is 5.75 Å². The Labute approximate surface area is 123 Å². The zero-order valence-corrected chi connectivity index (χ0v) is 12.0. The molecule has 0 bridgehead atoms. The number of anilines is 1. The number of aryl methyl sites for hydroxylation is 1. The maximum atomic E-state index is 11.8. The Hall–Kier alpha value is -2.00. The fourth-order valence-electron chi connectivity index (χ4n) is 1.75. The Balaban J connectivity index is 1.82. The van der Waals surface area contributed by atoms with Crippen molar-refractivity contribution in [3.05, 3.63) is 59.1 Å². The fraction of sp³-hybridized carbons (Fsp3) is 0.188. The molecule has 1 N–H and O–H groups in total. The number of rotatable bonds is 5. The average molecular weight is 290 g/mol. The van der Waals surface area contributed by atoms with Crippen LogP contribution in [0.15, 0.2) is 48.5 Å². The third-order valence-electron chi connectivity index (χ3n) is 2.83. The van der Waals surface area contributed by atoms with Gasteiger partial charge in [-0.25, -0.2) is 0 Å². The molecule has 0 saturated carbocycles. The van der Waals surface area contributed by atoms with Gasteiger partial charge in [0.25, 0.3) is 0 Å². The van der Waals surface area contributed by atoms with Crippen LogP contribution in [0.1, 0.15) is 12.0 Å². The molecular weight excluding hydrogens is 274 g/mol. The first-order chi connectivity index (χ1) is 9.66. The SMILES string of the molecule is Cc1ccccc1OCCC(=O)Nc1ccccc1Cl. The molecular formula is C16H16ClNO2. The summed E-state index contributed by atoms with van der Waals surface area (Å²) in [5.41, 5.74) is 1.68. The van der Waals surface area contributed by atoms with Gasteiger partial charge in [-0.05, 0) is 30.7 Å². The molecule has 0 radical (unpaired) electrons. The average Bonchev–Trinajstić information content (AvgIpc) is 2.43. The number of para-hydroxylation sites is 2. The summed E-state index contributed by atoms with van der Waals surface area (Å²) in [7, 11) is 0. The lowest BCUT2D eigenvalue weighted by molar-refractivity contribution is -0.116. The molecule has 2 aromatic rings. The molecule has 0 atom stereocenters. The van der Waals surface area contributed by atoms with Crippen molar-refractivity contribution in [3.8, 4) is 5.75 Å². The van der Waals surface area contributed by atoms with E-state index in [1.54, 1.807) is 12.1 Å². The second kappa shape index (κ2) is 6.96. The van der Waals surface area contributed by atoms with Crippen LogP contribution in [-0.4, -0.2) is 12.5 Å². The summed E-state index contributed by atoms with van der Waals surface area (Å²) in [6.07, 6.45) is 0.277. The van der Waals surface area contributed by atoms with E-state index in [-0.39, 0.29) is 12.3 Å². The number of carbonyl (C=O) groups is 1. The highest BCUT2D eigenvalue weighted by Crippen LogP contribution is 2.20. The summed E-state index contributed by atoms with van der Waals surface area (Å²) >= 11 is 5.97. The van der Waals surface area contributed by atoms with Gasteiger partial charge in [0, 0.05) is 0 Å². The molecule has 20 heavy (non-hydrogen) atoms. The van der Waals surface area contributed by atoms with Crippen LogP contribution in [0, 0.1) is 6.92 Å². The maximum Gasteiger partial charge on any atom is 0.227 e. The van der Waals surface area contributed by atoms with Gasteiger partial charge in [0.15, 0.2) is 0 Å². The zero-order valence-electron chi connectivity index (χ0n) is 11.2. The monoisotopic (exact) mass is 289 g/mol. The summed E-state index contributed by atoms with van der Waals surface area (Å²) in [6.45, 7) is 2.31. The molecule has 0 aliphatic rings. The van der Waals surface area contributed by atoms with Crippen molar-refractivity contribution < 1.29 is 9.53 Å². The third-order valence-corrected chi connectivity index (χ3v) is 3.16. The Bertz CT molecular complexity index is 599. The van der Waals surface area contributed by atoms with Gasteiger partial charge in [-0.2, -0.15) is 0 Å². The minimum atomic E-state index is -0.119. The van der Waals surface area contributed by atoms with E-state index in [1.165, 1.54) is 0 Å². The van der Waals surface area contributed by atoms with Crippen LogP contribution in [0.3, 0.4) is 0 Å². The van der Waals surface area contributed by atoms with Crippen molar-refractivity contribution >= 4 is 23.2 Å². The molecule has 0 unspecified atom stereocenters. The number of halogens is 1. The molecule has 0 aromatic heterocycles. The van der Waals surface area contributed by atoms with Crippen molar-refractivity contribution in [2.45, 2.75) is 13.3 Å². The van der Waals surface area contributed by atoms with Crippen LogP contribution in [0.5, 0.6) is 5.75 Å². The van der Waals surface area contributed by atoms with Gasteiger partial charge in [-0.3, -0.25) is 4.79 Å². The van der Waals surface area contributed by atoms with E-state index in [0.29, 0.717) is 17.3 Å². The van der Waals surface area contributed by atoms with E-state index in [1.807, 2.05) is 43.3 Å². The molecule has 0 aliphatic heterocycles. The molecule has 0 spiro atoms. The lowest BCUT2D eigenvalue weighted by atomic mass is 10.2. The Morgan fingerprint density at radius 2 is 1.85 bits per heavy atom. The van der Waals surface area contributed by atoms with E-state index in [4.69, 9.17) is 16.3 Å². The van der Waals surface area contributed by atoms with Gasteiger partial charge >= 0.3 is 0 Å². The number of amides is 1. The van der Waals surface area contributed by atoms with Crippen molar-refractivity contribution in [3.63, 3.8) is 0 Å². The Morgan fingerprint density at radius 3 is 2.60 bits per heavy atom. The number of carbonyl (C=O) groups excluding carboxylic acids is 1.